The van der Waals surface area contributed by atoms with E-state index in [-0.39, 0.29) is 32.8 Å². The average Bonchev–Trinajstić information content (AvgIpc) is 0.646. The Morgan fingerprint density at radius 1 is 0.358 bits per heavy atom. The van der Waals surface area contributed by atoms with E-state index >= 15 is 0 Å². The highest BCUT2D eigenvalue weighted by molar-refractivity contribution is 5.77. The Balaban J connectivity index is 0.000000275. The topological polar surface area (TPSA) is 296 Å². The first-order valence-electron chi connectivity index (χ1n) is 72.1. The van der Waals surface area contributed by atoms with E-state index in [1.54, 1.807) is 0 Å². The number of piperidine rings is 4. The summed E-state index contributed by atoms with van der Waals surface area (Å²) in [4.78, 5) is 51.8. The van der Waals surface area contributed by atoms with Crippen LogP contribution in [0.1, 0.15) is 326 Å². The zero-order chi connectivity index (χ0) is 150. The van der Waals surface area contributed by atoms with Gasteiger partial charge in [-0.15, -0.1) is 0 Å². The van der Waals surface area contributed by atoms with Crippen molar-refractivity contribution in [1.29, 1.82) is 0 Å². The van der Waals surface area contributed by atoms with Crippen LogP contribution in [0, 0.1) is 70.8 Å². The molecule has 0 aromatic heterocycles. The molecule has 4 aromatic carbocycles. The number of hydrogen-bond acceptors (Lipinski definition) is 24. The fraction of sp³-hybridized carbons (Fsp3) is 0.708. The molecule has 0 spiro atoms. The molecule has 4 aromatic rings. The van der Waals surface area contributed by atoms with E-state index in [9.17, 15) is 52.1 Å². The maximum atomic E-state index is 13.3. The van der Waals surface area contributed by atoms with Gasteiger partial charge in [0.15, 0.2) is 46.0 Å². The van der Waals surface area contributed by atoms with Crippen LogP contribution in [-0.4, -0.2) is 201 Å². The molecule has 0 bridgehead atoms. The molecule has 20 atom stereocenters. The molecule has 672 valence electrons. The molecular weight excluding hydrogens is 1520 g/mol. The van der Waals surface area contributed by atoms with E-state index in [0.717, 1.165) is 52.7 Å². The van der Waals surface area contributed by atoms with Crippen LogP contribution in [0.4, 0.5) is 0 Å². The van der Waals surface area contributed by atoms with Gasteiger partial charge < -0.3 is 79.8 Å². The molecule has 8 N–H and O–H groups in total. The second kappa shape index (κ2) is 43.9. The lowest BCUT2D eigenvalue weighted by Gasteiger charge is -2.47. The zero-order valence-corrected chi connectivity index (χ0v) is 69.2. The normalized spacial score (nSPS) is 48.2. The van der Waals surface area contributed by atoms with Crippen LogP contribution < -0.4 is 60.8 Å². The first kappa shape index (κ1) is 38.8. The highest BCUT2D eigenvalue weighted by Crippen LogP contribution is 2.50. The summed E-state index contributed by atoms with van der Waals surface area (Å²) in [5.74, 6) is -42.8. The summed E-state index contributed by atoms with van der Waals surface area (Å²) < 4.78 is 673. The van der Waals surface area contributed by atoms with Gasteiger partial charge in [0.2, 0.25) is 0 Å². The standard InChI is InChI=1S/4C24H38N2O4/c4*1-14(2)9-17-13-26-8-7-16-10-21(28-5)22(29-6)11-18(16)19(26)12-20(17)30-24(27)23(25)15(3)4/h4*10-11,14-15,17,19-20,23H,7-9,12-13,25H2,1-6H3/t4*17?,19?,20?,23-/m0000/s1/i2*1D3,5D3,7D2,8D2,9D2,12D2,13D2,14D,17D,19D;2*1D3,7D2,8D2,9D2,12D2,13D2,14D,17D,19D/t4*14?,17?,19?,20?,23-. The molecule has 4 saturated heterocycles. The molecule has 120 heavy (non-hydrogen) atoms. The fourth-order valence-electron chi connectivity index (χ4n) is 11.5. The maximum Gasteiger partial charge on any atom is 0.323 e. The van der Waals surface area contributed by atoms with Gasteiger partial charge in [0.05, 0.1) is 70.4 Å². The summed E-state index contributed by atoms with van der Waals surface area (Å²) in [6.07, 6.45) is -58.1. The van der Waals surface area contributed by atoms with Gasteiger partial charge in [-0.3, -0.25) is 38.8 Å². The van der Waals surface area contributed by atoms with Crippen molar-refractivity contribution in [1.82, 2.24) is 19.6 Å². The third kappa shape index (κ3) is 23.8. The number of fused-ring (bicyclic) bond motifs is 12. The maximum absolute atomic E-state index is 13.3. The minimum atomic E-state index is -4.22. The molecule has 16 unspecified atom stereocenters. The Labute approximate surface area is 817 Å². The number of rotatable bonds is 28. The smallest absolute Gasteiger partial charge is 0.323 e. The molecule has 8 aliphatic rings. The van der Waals surface area contributed by atoms with Crippen LogP contribution in [0.25, 0.3) is 0 Å². The number of methoxy groups -OCH3 is 8. The highest BCUT2D eigenvalue weighted by atomic mass is 16.6. The molecule has 0 amide bonds. The largest absolute Gasteiger partial charge is 0.493 e. The first-order valence-corrected chi connectivity index (χ1v) is 37.1. The lowest BCUT2D eigenvalue weighted by Crippen LogP contribution is -2.51. The summed E-state index contributed by atoms with van der Waals surface area (Å²) in [6.45, 7) is -33.4. The molecule has 8 heterocycles. The molecule has 4 fully saturated rings. The predicted molar refractivity (Wildman–Crippen MR) is 471 cm³/mol. The Hall–Kier alpha value is -7.16. The van der Waals surface area contributed by atoms with Crippen LogP contribution in [0.15, 0.2) is 48.5 Å². The number of carbonyl (C=O) groups is 4. The van der Waals surface area contributed by atoms with Crippen molar-refractivity contribution in [2.75, 3.05) is 109 Å². The highest BCUT2D eigenvalue weighted by Gasteiger charge is 2.47. The molecule has 8 aliphatic heterocycles. The lowest BCUT2D eigenvalue weighted by atomic mass is 9.79. The molecule has 0 radical (unpaired) electrons. The summed E-state index contributed by atoms with van der Waals surface area (Å²) in [5, 5.41) is 0. The van der Waals surface area contributed by atoms with Gasteiger partial charge in [0.25, 0.3) is 0 Å². The fourth-order valence-corrected chi connectivity index (χ4v) is 11.5. The van der Waals surface area contributed by atoms with E-state index in [1.807, 2.05) is 0 Å². The van der Waals surface area contributed by atoms with Gasteiger partial charge >= 0.3 is 23.9 Å². The van der Waals surface area contributed by atoms with Crippen molar-refractivity contribution in [2.45, 2.75) is 260 Å². The summed E-state index contributed by atoms with van der Waals surface area (Å²) >= 11 is 0. The number of esters is 4. The summed E-state index contributed by atoms with van der Waals surface area (Å²) in [5.41, 5.74) is 17.0. The molecule has 0 aliphatic carbocycles. The van der Waals surface area contributed by atoms with E-state index in [2.05, 4.69) is 0 Å². The van der Waals surface area contributed by atoms with Crippen molar-refractivity contribution in [3.63, 3.8) is 0 Å². The molecular formula is C96H152N8O16. The van der Waals surface area contributed by atoms with Gasteiger partial charge in [-0.25, -0.2) is 0 Å². The van der Waals surface area contributed by atoms with Gasteiger partial charge in [-0.2, -0.15) is 0 Å². The molecule has 12 rings (SSSR count). The quantitative estimate of drug-likeness (QED) is 0.0303. The minimum absolute atomic E-state index is 0.169. The number of ether oxygens (including phenoxy) is 12. The second-order valence-electron chi connectivity index (χ2n) is 28.5. The van der Waals surface area contributed by atoms with Crippen LogP contribution in [0.5, 0.6) is 46.0 Å². The van der Waals surface area contributed by atoms with Crippen molar-refractivity contribution in [3.05, 3.63) is 93.0 Å². The van der Waals surface area contributed by atoms with Crippen LogP contribution >= 0.6 is 0 Å². The van der Waals surface area contributed by atoms with Gasteiger partial charge in [-0.05, 0) is 191 Å². The number of aryl methyl sites for hydroxylation is 4. The molecule has 24 nitrogen and oxygen atoms in total. The van der Waals surface area contributed by atoms with Gasteiger partial charge in [-0.1, -0.05) is 110 Å². The molecule has 0 saturated carbocycles. The summed E-state index contributed by atoms with van der Waals surface area (Å²) in [7, 11) is 0.250. The Kier molecular flexibility index (Phi) is 14.2. The second-order valence-corrected chi connectivity index (χ2v) is 28.5. The van der Waals surface area contributed by atoms with Crippen LogP contribution in [0.3, 0.4) is 0 Å². The number of carbonyl (C=O) groups excluding carboxylic acids is 4. The number of hydrogen-bond donors (Lipinski definition) is 4. The minimum Gasteiger partial charge on any atom is -0.493 e. The Bertz CT molecular complexity index is 6990. The van der Waals surface area contributed by atoms with Crippen LogP contribution in [-0.2, 0) is 63.6 Å². The van der Waals surface area contributed by atoms with Crippen molar-refractivity contribution in [2.24, 2.45) is 93.8 Å². The Morgan fingerprint density at radius 2 is 0.550 bits per heavy atom. The molecule has 24 heteroatoms. The lowest BCUT2D eigenvalue weighted by molar-refractivity contribution is -0.161. The van der Waals surface area contributed by atoms with Crippen molar-refractivity contribution >= 4 is 23.9 Å². The Morgan fingerprint density at radius 3 is 0.725 bits per heavy atom. The monoisotopic (exact) mass is 1740 g/mol. The summed E-state index contributed by atoms with van der Waals surface area (Å²) in [6, 6.07) is -14.4. The third-order valence-electron chi connectivity index (χ3n) is 18.2. The van der Waals surface area contributed by atoms with E-state index in [1.165, 1.54) is 69.6 Å². The average molecular weight is 1740 g/mol. The number of benzene rings is 4. The number of nitrogens with zero attached hydrogens (tertiary/aromatic N) is 4. The number of nitrogens with two attached hydrogens (primary N) is 4. The van der Waals surface area contributed by atoms with Crippen molar-refractivity contribution < 1.29 is 172 Å². The van der Waals surface area contributed by atoms with E-state index in [4.69, 9.17) is 143 Å². The third-order valence-corrected chi connectivity index (χ3v) is 18.2. The SMILES string of the molecule is [2H]C([2H])([2H])C([2H])(C)C([2H])([2H])C1([2H])C(OC(=O)[C@@H](N)C(C)C)C([2H])([2H])C2([2H])c3cc(OC)c(OC)cc3C([2H])([2H])C([2H])([2H])N2C1([2H])[2H].[2H]C([2H])([2H])C([2H])(C)C([2H])([2H])C1([2H])C(OC(=O)[C@@H](N)C(C)C)C([2H])([2H])C2([2H])c3cc(OC)c(OC)cc3C([2H])([2H])C([2H])([2H])N2C1([2H])[2H].[2H]C([2H])([2H])Oc1cc2c(cc1OC)C1([2H])N(C([2H])([2H])C2([2H])[2H])C([2H])([2H])C([2H])(C([2H])([2H])C([2H])(C)C([2H])([2H])[2H])C(OC(=O)[C@@H](N)C(C)C)C1([2H])[2H].[2H]C([2H])([2H])Oc1cc2c(cc1OC)C1([2H])N(C([2H])([2H])C2([2H])[2H])C([2H])([2H])C([2H])(C([2H])([2H])C([2H])(C)C([2H])([2H])[2H])C(OC(=O)[C@@H](N)C(C)C)C1([2H])[2H]. The van der Waals surface area contributed by atoms with Gasteiger partial charge in [0.1, 0.15) is 48.6 Å². The predicted octanol–water partition coefficient (Wildman–Crippen LogP) is 14.3. The first-order chi connectivity index (χ1) is 83.7. The van der Waals surface area contributed by atoms with Crippen LogP contribution in [0.2, 0.25) is 0 Å². The van der Waals surface area contributed by atoms with Gasteiger partial charge in [0, 0.05) is 207 Å². The zero-order valence-electron chi connectivity index (χ0n) is 139. The van der Waals surface area contributed by atoms with E-state index < -0.39 is 415 Å². The van der Waals surface area contributed by atoms with E-state index in [0.29, 0.717) is 52.0 Å². The van der Waals surface area contributed by atoms with Crippen molar-refractivity contribution in [3.8, 4) is 46.0 Å².